The van der Waals surface area contributed by atoms with E-state index >= 15 is 0 Å². The molecule has 2 heteroatoms. The molecule has 0 amide bonds. The van der Waals surface area contributed by atoms with E-state index in [1.807, 2.05) is 32.9 Å². The zero-order valence-electron chi connectivity index (χ0n) is 17.5. The van der Waals surface area contributed by atoms with Gasteiger partial charge in [0.2, 0.25) is 0 Å². The maximum absolute atomic E-state index is 14.6. The van der Waals surface area contributed by atoms with Crippen LogP contribution in [0.3, 0.4) is 0 Å². The molecule has 0 atom stereocenters. The fourth-order valence-corrected chi connectivity index (χ4v) is 5.03. The number of rotatable bonds is 2. The van der Waals surface area contributed by atoms with Crippen LogP contribution in [0.1, 0.15) is 62.3 Å². The molecule has 0 radical (unpaired) electrons. The first-order valence-corrected chi connectivity index (χ1v) is 10.6. The topological polar surface area (TPSA) is 3.24 Å². The lowest BCUT2D eigenvalue weighted by Crippen LogP contribution is -2.42. The van der Waals surface area contributed by atoms with Crippen LogP contribution >= 0.6 is 0 Å². The van der Waals surface area contributed by atoms with Gasteiger partial charge in [-0.15, -0.1) is 0 Å². The number of likely N-dealkylation sites (tertiary alicyclic amines) is 1. The minimum absolute atomic E-state index is 0.122. The van der Waals surface area contributed by atoms with Gasteiger partial charge in [0.25, 0.3) is 0 Å². The lowest BCUT2D eigenvalue weighted by molar-refractivity contribution is 0.123. The highest BCUT2D eigenvalue weighted by molar-refractivity contribution is 5.62. The summed E-state index contributed by atoms with van der Waals surface area (Å²) in [4.78, 5) is 2.36. The van der Waals surface area contributed by atoms with Crippen LogP contribution < -0.4 is 0 Å². The summed E-state index contributed by atoms with van der Waals surface area (Å²) in [6, 6.07) is 14.6. The molecule has 0 N–H and O–H groups in total. The van der Waals surface area contributed by atoms with Gasteiger partial charge >= 0.3 is 0 Å². The van der Waals surface area contributed by atoms with Gasteiger partial charge < -0.3 is 4.90 Å². The number of benzene rings is 2. The van der Waals surface area contributed by atoms with E-state index in [0.29, 0.717) is 5.41 Å². The number of piperidine rings is 1. The Kier molecular flexibility index (Phi) is 4.85. The number of nitrogens with zero attached hydrogens (tertiary/aromatic N) is 1. The first kappa shape index (κ1) is 19.2. The van der Waals surface area contributed by atoms with Gasteiger partial charge in [-0.25, -0.2) is 4.39 Å². The summed E-state index contributed by atoms with van der Waals surface area (Å²) < 4.78 is 14.6. The van der Waals surface area contributed by atoms with Crippen LogP contribution in [-0.2, 0) is 18.3 Å². The molecule has 0 saturated carbocycles. The summed E-state index contributed by atoms with van der Waals surface area (Å²) in [6.45, 7) is 12.5. The maximum atomic E-state index is 14.6. The third-order valence-corrected chi connectivity index (χ3v) is 6.92. The molecule has 0 aromatic heterocycles. The number of hydrogen-bond acceptors (Lipinski definition) is 1. The molecule has 1 saturated heterocycles. The van der Waals surface area contributed by atoms with E-state index in [1.54, 1.807) is 11.6 Å². The second-order valence-corrected chi connectivity index (χ2v) is 9.82. The molecule has 1 spiro atoms. The van der Waals surface area contributed by atoms with Crippen LogP contribution in [-0.4, -0.2) is 18.0 Å². The first-order chi connectivity index (χ1) is 13.3. The summed E-state index contributed by atoms with van der Waals surface area (Å²) in [5.74, 6) is -0.122. The van der Waals surface area contributed by atoms with Crippen LogP contribution in [0.15, 0.2) is 49.0 Å². The molecule has 1 nitrogen and oxygen atoms in total. The summed E-state index contributed by atoms with van der Waals surface area (Å²) in [5, 5.41) is 0. The van der Waals surface area contributed by atoms with E-state index in [-0.39, 0.29) is 11.2 Å². The minimum Gasteiger partial charge on any atom is -0.371 e. The molecule has 2 aromatic carbocycles. The van der Waals surface area contributed by atoms with Crippen molar-refractivity contribution in [1.29, 1.82) is 0 Å². The van der Waals surface area contributed by atoms with Gasteiger partial charge in [-0.2, -0.15) is 0 Å². The van der Waals surface area contributed by atoms with E-state index in [2.05, 4.69) is 35.7 Å². The van der Waals surface area contributed by atoms with E-state index in [4.69, 9.17) is 0 Å². The van der Waals surface area contributed by atoms with Crippen molar-refractivity contribution >= 4 is 5.70 Å². The second-order valence-electron chi connectivity index (χ2n) is 9.82. The monoisotopic (exact) mass is 377 g/mol. The molecular formula is C26H32FN. The van der Waals surface area contributed by atoms with Crippen molar-refractivity contribution in [3.8, 4) is 0 Å². The van der Waals surface area contributed by atoms with Crippen LogP contribution in [0.4, 0.5) is 4.39 Å². The zero-order valence-corrected chi connectivity index (χ0v) is 17.5. The Morgan fingerprint density at radius 1 is 1.00 bits per heavy atom. The van der Waals surface area contributed by atoms with E-state index in [9.17, 15) is 4.39 Å². The van der Waals surface area contributed by atoms with Crippen molar-refractivity contribution < 1.29 is 4.39 Å². The molecular weight excluding hydrogens is 345 g/mol. The molecule has 0 unspecified atom stereocenters. The van der Waals surface area contributed by atoms with Crippen molar-refractivity contribution in [2.45, 2.75) is 58.3 Å². The van der Waals surface area contributed by atoms with Gasteiger partial charge in [0.1, 0.15) is 5.82 Å². The first-order valence-electron chi connectivity index (χ1n) is 10.6. The van der Waals surface area contributed by atoms with Gasteiger partial charge in [0.15, 0.2) is 0 Å². The second kappa shape index (κ2) is 7.06. The Morgan fingerprint density at radius 2 is 1.68 bits per heavy atom. The van der Waals surface area contributed by atoms with Crippen molar-refractivity contribution in [3.05, 3.63) is 77.1 Å². The fraction of sp³-hybridized carbons (Fsp3) is 0.462. The van der Waals surface area contributed by atoms with Crippen molar-refractivity contribution in [2.75, 3.05) is 13.1 Å². The Hall–Kier alpha value is -2.09. The van der Waals surface area contributed by atoms with Gasteiger partial charge in [-0.1, -0.05) is 63.7 Å². The Labute approximate surface area is 169 Å². The maximum Gasteiger partial charge on any atom is 0.127 e. The number of fused-ring (bicyclic) bond motifs is 1. The van der Waals surface area contributed by atoms with Crippen LogP contribution in [0.2, 0.25) is 0 Å². The summed E-state index contributed by atoms with van der Waals surface area (Å²) in [5.41, 5.74) is 5.98. The van der Waals surface area contributed by atoms with Crippen molar-refractivity contribution in [1.82, 2.24) is 4.90 Å². The van der Waals surface area contributed by atoms with E-state index < -0.39 is 0 Å². The number of halogens is 1. The summed E-state index contributed by atoms with van der Waals surface area (Å²) >= 11 is 0. The average Bonchev–Trinajstić information content (AvgIpc) is 2.67. The zero-order chi connectivity index (χ0) is 19.9. The predicted molar refractivity (Wildman–Crippen MR) is 116 cm³/mol. The normalized spacial score (nSPS) is 18.8. The Balaban J connectivity index is 1.44. The molecule has 2 aliphatic rings. The summed E-state index contributed by atoms with van der Waals surface area (Å²) in [6.07, 6.45) is 6.10. The van der Waals surface area contributed by atoms with Gasteiger partial charge in [-0.3, -0.25) is 0 Å². The molecule has 4 rings (SSSR count). The minimum atomic E-state index is -0.182. The van der Waals surface area contributed by atoms with Crippen molar-refractivity contribution in [3.63, 3.8) is 0 Å². The molecule has 2 aromatic rings. The molecule has 0 bridgehead atoms. The largest absolute Gasteiger partial charge is 0.371 e. The quantitative estimate of drug-likeness (QED) is 0.588. The highest BCUT2D eigenvalue weighted by Gasteiger charge is 2.37. The van der Waals surface area contributed by atoms with E-state index in [1.165, 1.54) is 37.7 Å². The smallest absolute Gasteiger partial charge is 0.127 e. The van der Waals surface area contributed by atoms with Crippen molar-refractivity contribution in [2.24, 2.45) is 5.41 Å². The molecule has 1 aliphatic carbocycles. The Bertz CT molecular complexity index is 882. The lowest BCUT2D eigenvalue weighted by atomic mass is 9.66. The third kappa shape index (κ3) is 3.62. The fourth-order valence-electron chi connectivity index (χ4n) is 5.03. The SMILES string of the molecule is C=C(c1ccc(C(C)(C)C)c(F)c1)N1CCC2(CCc3ccccc3C2)CC1. The van der Waals surface area contributed by atoms with Gasteiger partial charge in [0, 0.05) is 24.4 Å². The molecule has 28 heavy (non-hydrogen) atoms. The van der Waals surface area contributed by atoms with Crippen LogP contribution in [0, 0.1) is 11.2 Å². The van der Waals surface area contributed by atoms with Gasteiger partial charge in [0.05, 0.1) is 0 Å². The van der Waals surface area contributed by atoms with Crippen LogP contribution in [0.5, 0.6) is 0 Å². The molecule has 148 valence electrons. The predicted octanol–water partition coefficient (Wildman–Crippen LogP) is 6.37. The molecule has 1 heterocycles. The average molecular weight is 378 g/mol. The standard InChI is InChI=1S/C26H32FN/c1-19(21-9-10-23(24(27)17-21)25(2,3)4)28-15-13-26(14-16-28)12-11-20-7-5-6-8-22(20)18-26/h5-10,17H,1,11-16,18H2,2-4H3. The van der Waals surface area contributed by atoms with Gasteiger partial charge in [-0.05, 0) is 65.7 Å². The molecule has 1 fully saturated rings. The number of aryl methyl sites for hydroxylation is 1. The third-order valence-electron chi connectivity index (χ3n) is 6.92. The highest BCUT2D eigenvalue weighted by atomic mass is 19.1. The number of hydrogen-bond donors (Lipinski definition) is 0. The highest BCUT2D eigenvalue weighted by Crippen LogP contribution is 2.44. The lowest BCUT2D eigenvalue weighted by Gasteiger charge is -2.46. The molecule has 1 aliphatic heterocycles. The summed E-state index contributed by atoms with van der Waals surface area (Å²) in [7, 11) is 0. The Morgan fingerprint density at radius 3 is 2.32 bits per heavy atom. The van der Waals surface area contributed by atoms with Crippen LogP contribution in [0.25, 0.3) is 5.70 Å². The van der Waals surface area contributed by atoms with E-state index in [0.717, 1.165) is 29.9 Å².